The fourth-order valence-electron chi connectivity index (χ4n) is 3.43. The molecule has 1 aliphatic carbocycles. The zero-order valence-corrected chi connectivity index (χ0v) is 12.8. The fraction of sp³-hybridized carbons (Fsp3) is 0.562. The lowest BCUT2D eigenvalue weighted by Gasteiger charge is -2.32. The summed E-state index contributed by atoms with van der Waals surface area (Å²) in [5.41, 5.74) is 3.00. The van der Waals surface area contributed by atoms with Gasteiger partial charge in [-0.25, -0.2) is 0 Å². The van der Waals surface area contributed by atoms with Crippen LogP contribution in [0.25, 0.3) is 0 Å². The summed E-state index contributed by atoms with van der Waals surface area (Å²) < 4.78 is 0. The molecule has 0 amide bonds. The first kappa shape index (κ1) is 14.2. The van der Waals surface area contributed by atoms with Gasteiger partial charge in [-0.3, -0.25) is 0 Å². The topological polar surface area (TPSA) is 55.6 Å². The van der Waals surface area contributed by atoms with Crippen LogP contribution in [0.1, 0.15) is 42.6 Å². The number of nitrogens with zero attached hydrogens (tertiary/aromatic N) is 4. The highest BCUT2D eigenvalue weighted by Crippen LogP contribution is 2.34. The number of likely N-dealkylation sites (N-methyl/N-ethyl adjacent to an activating group) is 1. The second-order valence-electron chi connectivity index (χ2n) is 5.76. The van der Waals surface area contributed by atoms with Crippen molar-refractivity contribution in [2.24, 2.45) is 7.05 Å². The number of hydrogen-bond acceptors (Lipinski definition) is 4. The summed E-state index contributed by atoms with van der Waals surface area (Å²) >= 11 is 0. The van der Waals surface area contributed by atoms with Gasteiger partial charge in [0.2, 0.25) is 0 Å². The highest BCUT2D eigenvalue weighted by Gasteiger charge is 2.28. The predicted molar refractivity (Wildman–Crippen MR) is 82.1 cm³/mol. The van der Waals surface area contributed by atoms with Crippen molar-refractivity contribution in [3.63, 3.8) is 0 Å². The summed E-state index contributed by atoms with van der Waals surface area (Å²) in [6.07, 6.45) is 4.53. The van der Waals surface area contributed by atoms with E-state index in [9.17, 15) is 0 Å². The van der Waals surface area contributed by atoms with E-state index in [4.69, 9.17) is 0 Å². The number of aryl methyl sites for hydroxylation is 2. The minimum atomic E-state index is 0.376. The van der Waals surface area contributed by atoms with Gasteiger partial charge >= 0.3 is 0 Å². The van der Waals surface area contributed by atoms with E-state index in [0.29, 0.717) is 12.0 Å². The Bertz CT molecular complexity index is 592. The van der Waals surface area contributed by atoms with E-state index >= 15 is 0 Å². The smallest absolute Gasteiger partial charge is 0.176 e. The fourth-order valence-corrected chi connectivity index (χ4v) is 3.43. The van der Waals surface area contributed by atoms with Crippen LogP contribution in [-0.2, 0) is 19.9 Å². The molecule has 0 spiro atoms. The molecular formula is C16H23N5. The maximum atomic E-state index is 4.34. The second kappa shape index (κ2) is 6.35. The van der Waals surface area contributed by atoms with Crippen LogP contribution in [0.3, 0.4) is 0 Å². The summed E-state index contributed by atoms with van der Waals surface area (Å²) in [7, 11) is 1.81. The number of nitrogens with one attached hydrogen (secondary N) is 1. The van der Waals surface area contributed by atoms with Crippen molar-refractivity contribution in [3.8, 4) is 0 Å². The van der Waals surface area contributed by atoms with E-state index in [2.05, 4.69) is 51.9 Å². The van der Waals surface area contributed by atoms with Crippen molar-refractivity contribution < 1.29 is 0 Å². The summed E-state index contributed by atoms with van der Waals surface area (Å²) in [5, 5.41) is 16.1. The van der Waals surface area contributed by atoms with Crippen molar-refractivity contribution in [2.75, 3.05) is 6.54 Å². The van der Waals surface area contributed by atoms with Gasteiger partial charge in [0.15, 0.2) is 5.82 Å². The predicted octanol–water partition coefficient (Wildman–Crippen LogP) is 1.85. The van der Waals surface area contributed by atoms with Gasteiger partial charge in [-0.15, -0.1) is 10.2 Å². The first-order valence-corrected chi connectivity index (χ1v) is 7.82. The number of rotatable bonds is 5. The molecule has 2 unspecified atom stereocenters. The zero-order chi connectivity index (χ0) is 14.7. The van der Waals surface area contributed by atoms with Crippen molar-refractivity contribution in [1.29, 1.82) is 0 Å². The van der Waals surface area contributed by atoms with Crippen LogP contribution in [-0.4, -0.2) is 32.8 Å². The molecule has 1 aliphatic rings. The Kier molecular flexibility index (Phi) is 4.29. The molecule has 0 aliphatic heterocycles. The van der Waals surface area contributed by atoms with Gasteiger partial charge in [-0.1, -0.05) is 31.2 Å². The van der Waals surface area contributed by atoms with Gasteiger partial charge in [-0.2, -0.15) is 4.80 Å². The van der Waals surface area contributed by atoms with Crippen molar-refractivity contribution in [3.05, 3.63) is 41.2 Å². The third-order valence-corrected chi connectivity index (χ3v) is 4.32. The van der Waals surface area contributed by atoms with Crippen LogP contribution in [0.2, 0.25) is 0 Å². The Morgan fingerprint density at radius 1 is 1.38 bits per heavy atom. The molecule has 1 aromatic heterocycles. The van der Waals surface area contributed by atoms with Crippen LogP contribution < -0.4 is 5.32 Å². The van der Waals surface area contributed by atoms with Gasteiger partial charge < -0.3 is 5.32 Å². The van der Waals surface area contributed by atoms with Crippen LogP contribution in [0, 0.1) is 0 Å². The molecule has 0 saturated carbocycles. The summed E-state index contributed by atoms with van der Waals surface area (Å²) in [5.74, 6) is 1.37. The number of fused-ring (bicyclic) bond motifs is 1. The quantitative estimate of drug-likeness (QED) is 0.911. The lowest BCUT2D eigenvalue weighted by atomic mass is 9.78. The van der Waals surface area contributed by atoms with Crippen LogP contribution in [0.15, 0.2) is 24.3 Å². The Balaban J connectivity index is 1.84. The van der Waals surface area contributed by atoms with Crippen LogP contribution in [0.5, 0.6) is 0 Å². The highest BCUT2D eigenvalue weighted by molar-refractivity contribution is 5.34. The average molecular weight is 285 g/mol. The summed E-state index contributed by atoms with van der Waals surface area (Å²) in [4.78, 5) is 1.53. The van der Waals surface area contributed by atoms with Crippen molar-refractivity contribution >= 4 is 0 Å². The van der Waals surface area contributed by atoms with E-state index in [1.165, 1.54) is 35.2 Å². The van der Waals surface area contributed by atoms with Gasteiger partial charge in [0.25, 0.3) is 0 Å². The molecule has 5 heteroatoms. The maximum Gasteiger partial charge on any atom is 0.176 e. The number of benzene rings is 1. The highest BCUT2D eigenvalue weighted by atomic mass is 15.6. The standard InChI is InChI=1S/C16H23N5/c1-3-17-15(11-16-18-20-21(2)19-16)14-10-6-8-12-7-4-5-9-13(12)14/h4-5,7,9,14-15,17H,3,6,8,10-11H2,1-2H3. The van der Waals surface area contributed by atoms with Crippen LogP contribution in [0.4, 0.5) is 0 Å². The molecule has 5 nitrogen and oxygen atoms in total. The van der Waals surface area contributed by atoms with Crippen LogP contribution >= 0.6 is 0 Å². The largest absolute Gasteiger partial charge is 0.313 e. The van der Waals surface area contributed by atoms with E-state index in [1.807, 2.05) is 7.05 Å². The molecule has 0 saturated heterocycles. The first-order valence-electron chi connectivity index (χ1n) is 7.82. The van der Waals surface area contributed by atoms with Gasteiger partial charge in [-0.05, 0) is 48.1 Å². The van der Waals surface area contributed by atoms with Gasteiger partial charge in [0, 0.05) is 12.5 Å². The van der Waals surface area contributed by atoms with E-state index < -0.39 is 0 Å². The normalized spacial score (nSPS) is 19.2. The number of hydrogen-bond donors (Lipinski definition) is 1. The van der Waals surface area contributed by atoms with Gasteiger partial charge in [0.05, 0.1) is 7.05 Å². The lowest BCUT2D eigenvalue weighted by molar-refractivity contribution is 0.390. The van der Waals surface area contributed by atoms with Crippen molar-refractivity contribution in [2.45, 2.75) is 44.6 Å². The molecular weight excluding hydrogens is 262 g/mol. The number of tetrazole rings is 1. The van der Waals surface area contributed by atoms with E-state index in [1.54, 1.807) is 0 Å². The van der Waals surface area contributed by atoms with E-state index in [-0.39, 0.29) is 0 Å². The monoisotopic (exact) mass is 285 g/mol. The lowest BCUT2D eigenvalue weighted by Crippen LogP contribution is -2.38. The molecule has 21 heavy (non-hydrogen) atoms. The number of aromatic nitrogens is 4. The summed E-state index contributed by atoms with van der Waals surface area (Å²) in [6.45, 7) is 3.12. The van der Waals surface area contributed by atoms with Gasteiger partial charge in [0.1, 0.15) is 0 Å². The third kappa shape index (κ3) is 3.13. The molecule has 0 fully saturated rings. The average Bonchev–Trinajstić information content (AvgIpc) is 2.91. The third-order valence-electron chi connectivity index (χ3n) is 4.32. The Hall–Kier alpha value is -1.75. The minimum absolute atomic E-state index is 0.376. The van der Waals surface area contributed by atoms with E-state index in [0.717, 1.165) is 18.8 Å². The Labute approximate surface area is 125 Å². The molecule has 1 N–H and O–H groups in total. The Morgan fingerprint density at radius 2 is 2.24 bits per heavy atom. The molecule has 3 rings (SSSR count). The SMILES string of the molecule is CCNC(Cc1nnn(C)n1)C1CCCc2ccccc21. The molecule has 1 heterocycles. The molecule has 2 aromatic rings. The minimum Gasteiger partial charge on any atom is -0.313 e. The molecule has 0 bridgehead atoms. The molecule has 112 valence electrons. The molecule has 2 atom stereocenters. The molecule has 0 radical (unpaired) electrons. The Morgan fingerprint density at radius 3 is 3.00 bits per heavy atom. The van der Waals surface area contributed by atoms with Crippen molar-refractivity contribution in [1.82, 2.24) is 25.5 Å². The molecule has 1 aromatic carbocycles. The zero-order valence-electron chi connectivity index (χ0n) is 12.8. The second-order valence-corrected chi connectivity index (χ2v) is 5.76. The maximum absolute atomic E-state index is 4.34. The summed E-state index contributed by atoms with van der Waals surface area (Å²) in [6, 6.07) is 9.23. The first-order chi connectivity index (χ1) is 10.3.